The van der Waals surface area contributed by atoms with E-state index in [-0.39, 0.29) is 24.3 Å². The van der Waals surface area contributed by atoms with Crippen LogP contribution >= 0.6 is 0 Å². The van der Waals surface area contributed by atoms with Crippen LogP contribution in [0.25, 0.3) is 0 Å². The summed E-state index contributed by atoms with van der Waals surface area (Å²) in [6, 6.07) is 5.88. The number of hydrogen-bond donors (Lipinski definition) is 2. The number of phenolic OH excluding ortho intramolecular Hbond substituents is 1. The first kappa shape index (κ1) is 16.3. The average molecular weight is 305 g/mol. The van der Waals surface area contributed by atoms with Crippen molar-refractivity contribution in [2.75, 3.05) is 6.61 Å². The summed E-state index contributed by atoms with van der Waals surface area (Å²) in [5, 5.41) is 12.1. The van der Waals surface area contributed by atoms with Crippen molar-refractivity contribution in [3.05, 3.63) is 29.8 Å². The number of carbonyl (C=O) groups excluding carboxylic acids is 2. The maximum atomic E-state index is 11.9. The van der Waals surface area contributed by atoms with E-state index in [1.807, 2.05) is 0 Å². The van der Waals surface area contributed by atoms with Crippen LogP contribution in [0.15, 0.2) is 24.3 Å². The summed E-state index contributed by atoms with van der Waals surface area (Å²) in [5.41, 5.74) is 0.310. The molecule has 1 aliphatic carbocycles. The Morgan fingerprint density at radius 2 is 1.91 bits per heavy atom. The summed E-state index contributed by atoms with van der Waals surface area (Å²) in [7, 11) is 0. The molecule has 1 aliphatic rings. The fourth-order valence-electron chi connectivity index (χ4n) is 2.85. The van der Waals surface area contributed by atoms with Crippen molar-refractivity contribution in [2.24, 2.45) is 11.8 Å². The molecule has 5 nitrogen and oxygen atoms in total. The summed E-state index contributed by atoms with van der Waals surface area (Å²) < 4.78 is 5.00. The second-order valence-corrected chi connectivity index (χ2v) is 6.06. The van der Waals surface area contributed by atoms with Crippen LogP contribution in [0.5, 0.6) is 5.75 Å². The van der Waals surface area contributed by atoms with Crippen molar-refractivity contribution >= 4 is 11.9 Å². The molecule has 3 atom stereocenters. The van der Waals surface area contributed by atoms with Crippen LogP contribution in [0, 0.1) is 11.8 Å². The summed E-state index contributed by atoms with van der Waals surface area (Å²) in [6.45, 7) is 4.07. The Kier molecular flexibility index (Phi) is 5.41. The molecule has 1 aromatic rings. The van der Waals surface area contributed by atoms with Crippen LogP contribution in [0.1, 0.15) is 43.5 Å². The molecule has 1 fully saturated rings. The van der Waals surface area contributed by atoms with Crippen molar-refractivity contribution in [1.29, 1.82) is 0 Å². The van der Waals surface area contributed by atoms with Gasteiger partial charge in [0.05, 0.1) is 5.56 Å². The zero-order chi connectivity index (χ0) is 16.1. The lowest BCUT2D eigenvalue weighted by Gasteiger charge is -2.34. The van der Waals surface area contributed by atoms with Gasteiger partial charge in [0.25, 0.3) is 5.91 Å². The van der Waals surface area contributed by atoms with Gasteiger partial charge in [-0.25, -0.2) is 4.79 Å². The van der Waals surface area contributed by atoms with E-state index in [2.05, 4.69) is 19.2 Å². The highest BCUT2D eigenvalue weighted by molar-refractivity contribution is 5.91. The molecule has 2 N–H and O–H groups in total. The van der Waals surface area contributed by atoms with Gasteiger partial charge in [0.1, 0.15) is 5.75 Å². The molecule has 120 valence electrons. The smallest absolute Gasteiger partial charge is 0.338 e. The molecular weight excluding hydrogens is 282 g/mol. The lowest BCUT2D eigenvalue weighted by Crippen LogP contribution is -2.45. The van der Waals surface area contributed by atoms with Crippen LogP contribution in [-0.4, -0.2) is 29.6 Å². The quantitative estimate of drug-likeness (QED) is 0.838. The Labute approximate surface area is 130 Å². The van der Waals surface area contributed by atoms with Crippen LogP contribution in [-0.2, 0) is 9.53 Å². The zero-order valence-electron chi connectivity index (χ0n) is 13.0. The normalized spacial score (nSPS) is 24.5. The molecule has 0 spiro atoms. The molecule has 1 aromatic carbocycles. The second-order valence-electron chi connectivity index (χ2n) is 6.06. The van der Waals surface area contributed by atoms with Crippen LogP contribution < -0.4 is 5.32 Å². The minimum Gasteiger partial charge on any atom is -0.508 e. The van der Waals surface area contributed by atoms with E-state index < -0.39 is 5.97 Å². The molecule has 0 radical (unpaired) electrons. The molecule has 0 saturated heterocycles. The number of phenols is 1. The van der Waals surface area contributed by atoms with Crippen LogP contribution in [0.4, 0.5) is 0 Å². The lowest BCUT2D eigenvalue weighted by molar-refractivity contribution is -0.125. The van der Waals surface area contributed by atoms with E-state index >= 15 is 0 Å². The lowest BCUT2D eigenvalue weighted by atomic mass is 9.78. The predicted molar refractivity (Wildman–Crippen MR) is 82.5 cm³/mol. The highest BCUT2D eigenvalue weighted by Gasteiger charge is 2.28. The summed E-state index contributed by atoms with van der Waals surface area (Å²) >= 11 is 0. The second kappa shape index (κ2) is 7.29. The number of benzene rings is 1. The molecule has 3 unspecified atom stereocenters. The number of rotatable bonds is 4. The maximum Gasteiger partial charge on any atom is 0.338 e. The van der Waals surface area contributed by atoms with Crippen molar-refractivity contribution in [3.63, 3.8) is 0 Å². The first-order chi connectivity index (χ1) is 10.5. The van der Waals surface area contributed by atoms with Gasteiger partial charge in [0.15, 0.2) is 6.61 Å². The molecule has 5 heteroatoms. The van der Waals surface area contributed by atoms with Gasteiger partial charge in [-0.15, -0.1) is 0 Å². The number of amides is 1. The van der Waals surface area contributed by atoms with Crippen molar-refractivity contribution in [1.82, 2.24) is 5.32 Å². The largest absolute Gasteiger partial charge is 0.508 e. The number of nitrogens with one attached hydrogen (secondary N) is 1. The third-order valence-corrected chi connectivity index (χ3v) is 4.49. The first-order valence-corrected chi connectivity index (χ1v) is 7.73. The van der Waals surface area contributed by atoms with Crippen LogP contribution in [0.2, 0.25) is 0 Å². The standard InChI is InChI=1S/C17H23NO4/c1-11-4-3-5-15(12(11)2)18-16(20)10-22-17(21)13-6-8-14(19)9-7-13/h6-9,11-12,15,19H,3-5,10H2,1-2H3,(H,18,20). The van der Waals surface area contributed by atoms with E-state index in [1.54, 1.807) is 0 Å². The van der Waals surface area contributed by atoms with Crippen molar-refractivity contribution in [2.45, 2.75) is 39.2 Å². The zero-order valence-corrected chi connectivity index (χ0v) is 13.0. The molecule has 1 saturated carbocycles. The van der Waals surface area contributed by atoms with E-state index in [0.29, 0.717) is 17.4 Å². The fraction of sp³-hybridized carbons (Fsp3) is 0.529. The van der Waals surface area contributed by atoms with Crippen LogP contribution in [0.3, 0.4) is 0 Å². The minimum atomic E-state index is -0.569. The Morgan fingerprint density at radius 1 is 1.23 bits per heavy atom. The maximum absolute atomic E-state index is 11.9. The number of ether oxygens (including phenoxy) is 1. The molecule has 22 heavy (non-hydrogen) atoms. The molecule has 2 rings (SSSR count). The van der Waals surface area contributed by atoms with Gasteiger partial charge in [-0.3, -0.25) is 4.79 Å². The number of hydrogen-bond acceptors (Lipinski definition) is 4. The number of aromatic hydroxyl groups is 1. The highest BCUT2D eigenvalue weighted by atomic mass is 16.5. The highest BCUT2D eigenvalue weighted by Crippen LogP contribution is 2.29. The molecule has 0 bridgehead atoms. The third-order valence-electron chi connectivity index (χ3n) is 4.49. The van der Waals surface area contributed by atoms with E-state index in [9.17, 15) is 9.59 Å². The predicted octanol–water partition coefficient (Wildman–Crippen LogP) is 2.49. The van der Waals surface area contributed by atoms with E-state index in [0.717, 1.165) is 12.8 Å². The fourth-order valence-corrected chi connectivity index (χ4v) is 2.85. The van der Waals surface area contributed by atoms with Gasteiger partial charge >= 0.3 is 5.97 Å². The van der Waals surface area contributed by atoms with E-state index in [4.69, 9.17) is 9.84 Å². The van der Waals surface area contributed by atoms with Gasteiger partial charge in [0, 0.05) is 6.04 Å². The van der Waals surface area contributed by atoms with Gasteiger partial charge in [-0.05, 0) is 42.5 Å². The number of carbonyl (C=O) groups is 2. The summed E-state index contributed by atoms with van der Waals surface area (Å²) in [6.07, 6.45) is 3.29. The first-order valence-electron chi connectivity index (χ1n) is 7.73. The van der Waals surface area contributed by atoms with Gasteiger partial charge in [0.2, 0.25) is 0 Å². The SMILES string of the molecule is CC1CCCC(NC(=O)COC(=O)c2ccc(O)cc2)C1C. The minimum absolute atomic E-state index is 0.0784. The molecule has 0 heterocycles. The number of esters is 1. The topological polar surface area (TPSA) is 75.6 Å². The van der Waals surface area contributed by atoms with Crippen molar-refractivity contribution in [3.8, 4) is 5.75 Å². The monoisotopic (exact) mass is 305 g/mol. The van der Waals surface area contributed by atoms with Gasteiger partial charge in [-0.1, -0.05) is 26.7 Å². The summed E-state index contributed by atoms with van der Waals surface area (Å²) in [5.74, 6) is 0.275. The Morgan fingerprint density at radius 3 is 2.59 bits per heavy atom. The molecule has 1 amide bonds. The summed E-state index contributed by atoms with van der Waals surface area (Å²) in [4.78, 5) is 23.7. The Bertz CT molecular complexity index is 526. The van der Waals surface area contributed by atoms with Crippen molar-refractivity contribution < 1.29 is 19.4 Å². The molecular formula is C17H23NO4. The van der Waals surface area contributed by atoms with Gasteiger partial charge in [-0.2, -0.15) is 0 Å². The average Bonchev–Trinajstić information content (AvgIpc) is 2.50. The Hall–Kier alpha value is -2.04. The van der Waals surface area contributed by atoms with Gasteiger partial charge < -0.3 is 15.2 Å². The molecule has 0 aliphatic heterocycles. The Balaban J connectivity index is 1.80. The molecule has 0 aromatic heterocycles. The third kappa shape index (κ3) is 4.23. The van der Waals surface area contributed by atoms with E-state index in [1.165, 1.54) is 30.7 Å².